The molecule has 0 saturated carbocycles. The molecule has 0 atom stereocenters. The quantitative estimate of drug-likeness (QED) is 0.670. The molecule has 1 saturated heterocycles. The summed E-state index contributed by atoms with van der Waals surface area (Å²) >= 11 is 6.78. The third-order valence-electron chi connectivity index (χ3n) is 3.34. The van der Waals surface area contributed by atoms with Crippen LogP contribution in [0.25, 0.3) is 6.08 Å². The minimum Gasteiger partial charge on any atom is -0.399 e. The van der Waals surface area contributed by atoms with Gasteiger partial charge in [0.15, 0.2) is 0 Å². The number of hydrogen-bond donors (Lipinski definition) is 1. The zero-order valence-electron chi connectivity index (χ0n) is 12.0. The Morgan fingerprint density at radius 2 is 1.87 bits per heavy atom. The highest BCUT2D eigenvalue weighted by molar-refractivity contribution is 8.18. The molecule has 1 heterocycles. The van der Waals surface area contributed by atoms with Crippen molar-refractivity contribution in [3.63, 3.8) is 0 Å². The average Bonchev–Trinajstić information content (AvgIpc) is 2.77. The van der Waals surface area contributed by atoms with Crippen LogP contribution < -0.4 is 5.73 Å². The predicted octanol–water partition coefficient (Wildman–Crippen LogP) is 4.16. The maximum atomic E-state index is 12.4. The van der Waals surface area contributed by atoms with Crippen molar-refractivity contribution in [2.75, 3.05) is 5.73 Å². The highest BCUT2D eigenvalue weighted by Crippen LogP contribution is 2.33. The second-order valence-corrected chi connectivity index (χ2v) is 6.49. The number of nitrogen functional groups attached to an aromatic ring is 1. The summed E-state index contributed by atoms with van der Waals surface area (Å²) in [4.78, 5) is 26.2. The summed E-state index contributed by atoms with van der Waals surface area (Å²) in [6.07, 6.45) is 1.68. The molecule has 6 heteroatoms. The van der Waals surface area contributed by atoms with Crippen LogP contribution in [0.1, 0.15) is 11.1 Å². The van der Waals surface area contributed by atoms with E-state index in [0.717, 1.165) is 22.9 Å². The van der Waals surface area contributed by atoms with Crippen molar-refractivity contribution < 1.29 is 9.59 Å². The number of nitrogens with zero attached hydrogens (tertiary/aromatic N) is 1. The minimum atomic E-state index is -0.294. The van der Waals surface area contributed by atoms with Gasteiger partial charge in [0.05, 0.1) is 11.4 Å². The maximum Gasteiger partial charge on any atom is 0.293 e. The van der Waals surface area contributed by atoms with Crippen molar-refractivity contribution in [1.29, 1.82) is 0 Å². The number of carbonyl (C=O) groups is 2. The van der Waals surface area contributed by atoms with E-state index in [1.807, 2.05) is 6.07 Å². The summed E-state index contributed by atoms with van der Waals surface area (Å²) < 4.78 is 0. The lowest BCUT2D eigenvalue weighted by atomic mass is 10.2. The van der Waals surface area contributed by atoms with Gasteiger partial charge in [-0.25, -0.2) is 0 Å². The van der Waals surface area contributed by atoms with E-state index in [2.05, 4.69) is 0 Å². The van der Waals surface area contributed by atoms with Gasteiger partial charge in [0, 0.05) is 10.7 Å². The largest absolute Gasteiger partial charge is 0.399 e. The summed E-state index contributed by atoms with van der Waals surface area (Å²) in [5.74, 6) is -0.294. The normalized spacial score (nSPS) is 16.4. The van der Waals surface area contributed by atoms with Gasteiger partial charge in [0.1, 0.15) is 0 Å². The smallest absolute Gasteiger partial charge is 0.293 e. The summed E-state index contributed by atoms with van der Waals surface area (Å²) in [6, 6.07) is 14.2. The van der Waals surface area contributed by atoms with Crippen molar-refractivity contribution >= 4 is 46.3 Å². The Morgan fingerprint density at radius 1 is 1.13 bits per heavy atom. The van der Waals surface area contributed by atoms with E-state index < -0.39 is 0 Å². The number of amides is 2. The predicted molar refractivity (Wildman–Crippen MR) is 93.8 cm³/mol. The van der Waals surface area contributed by atoms with Gasteiger partial charge < -0.3 is 5.73 Å². The third-order valence-corrected chi connectivity index (χ3v) is 4.50. The van der Waals surface area contributed by atoms with Crippen molar-refractivity contribution in [3.8, 4) is 0 Å². The van der Waals surface area contributed by atoms with Crippen LogP contribution in [0.2, 0.25) is 5.02 Å². The van der Waals surface area contributed by atoms with Crippen molar-refractivity contribution in [2.24, 2.45) is 0 Å². The maximum absolute atomic E-state index is 12.4. The minimum absolute atomic E-state index is 0.232. The first-order valence-electron chi connectivity index (χ1n) is 6.88. The van der Waals surface area contributed by atoms with Crippen molar-refractivity contribution in [1.82, 2.24) is 4.90 Å². The number of halogens is 1. The molecule has 0 aromatic heterocycles. The van der Waals surface area contributed by atoms with Crippen LogP contribution in [0.4, 0.5) is 10.5 Å². The Morgan fingerprint density at radius 3 is 2.57 bits per heavy atom. The van der Waals surface area contributed by atoms with Gasteiger partial charge in [-0.05, 0) is 53.2 Å². The Kier molecular flexibility index (Phi) is 4.41. The molecule has 23 heavy (non-hydrogen) atoms. The molecule has 3 rings (SSSR count). The first-order valence-corrected chi connectivity index (χ1v) is 8.08. The van der Waals surface area contributed by atoms with Gasteiger partial charge in [0.2, 0.25) is 0 Å². The fourth-order valence-corrected chi connectivity index (χ4v) is 3.17. The van der Waals surface area contributed by atoms with E-state index in [1.54, 1.807) is 48.5 Å². The van der Waals surface area contributed by atoms with Crippen molar-refractivity contribution in [2.45, 2.75) is 6.54 Å². The zero-order chi connectivity index (χ0) is 16.4. The third kappa shape index (κ3) is 3.57. The summed E-state index contributed by atoms with van der Waals surface area (Å²) in [7, 11) is 0. The van der Waals surface area contributed by atoms with Gasteiger partial charge in [-0.2, -0.15) is 0 Å². The first kappa shape index (κ1) is 15.6. The van der Waals surface area contributed by atoms with Crippen LogP contribution in [0.3, 0.4) is 0 Å². The van der Waals surface area contributed by atoms with Crippen LogP contribution in [0, 0.1) is 0 Å². The monoisotopic (exact) mass is 344 g/mol. The highest BCUT2D eigenvalue weighted by Gasteiger charge is 2.34. The van der Waals surface area contributed by atoms with Crippen LogP contribution >= 0.6 is 23.4 Å². The number of carbonyl (C=O) groups excluding carboxylic acids is 2. The number of hydrogen-bond acceptors (Lipinski definition) is 4. The molecule has 2 aromatic carbocycles. The topological polar surface area (TPSA) is 63.4 Å². The van der Waals surface area contributed by atoms with E-state index >= 15 is 0 Å². The molecule has 2 amide bonds. The second kappa shape index (κ2) is 6.48. The Bertz CT molecular complexity index is 802. The molecule has 0 radical (unpaired) electrons. The molecule has 1 aliphatic rings. The molecule has 1 fully saturated rings. The lowest BCUT2D eigenvalue weighted by Gasteiger charge is -2.12. The Hall–Kier alpha value is -2.24. The van der Waals surface area contributed by atoms with Gasteiger partial charge in [-0.15, -0.1) is 0 Å². The second-order valence-electron chi connectivity index (χ2n) is 5.06. The van der Waals surface area contributed by atoms with Crippen LogP contribution in [0.5, 0.6) is 0 Å². The van der Waals surface area contributed by atoms with E-state index in [0.29, 0.717) is 15.6 Å². The van der Waals surface area contributed by atoms with E-state index in [1.165, 1.54) is 4.90 Å². The molecular formula is C17H13ClN2O2S. The SMILES string of the molecule is Nc1cccc(/C=C2\SC(=O)N(Cc3ccc(Cl)cc3)C2=O)c1. The lowest BCUT2D eigenvalue weighted by molar-refractivity contribution is -0.123. The highest BCUT2D eigenvalue weighted by atomic mass is 35.5. The van der Waals surface area contributed by atoms with E-state index in [4.69, 9.17) is 17.3 Å². The number of nitrogens with two attached hydrogens (primary N) is 1. The molecular weight excluding hydrogens is 332 g/mol. The van der Waals surface area contributed by atoms with Gasteiger partial charge in [0.25, 0.3) is 11.1 Å². The summed E-state index contributed by atoms with van der Waals surface area (Å²) in [5, 5.41) is 0.338. The van der Waals surface area contributed by atoms with Gasteiger partial charge in [-0.1, -0.05) is 35.9 Å². The van der Waals surface area contributed by atoms with E-state index in [9.17, 15) is 9.59 Å². The Labute approximate surface area is 142 Å². The first-order chi connectivity index (χ1) is 11.0. The molecule has 0 aliphatic carbocycles. The number of anilines is 1. The molecule has 0 unspecified atom stereocenters. The molecule has 0 bridgehead atoms. The number of imide groups is 1. The lowest BCUT2D eigenvalue weighted by Crippen LogP contribution is -2.27. The number of rotatable bonds is 3. The van der Waals surface area contributed by atoms with Crippen LogP contribution in [-0.2, 0) is 11.3 Å². The zero-order valence-corrected chi connectivity index (χ0v) is 13.6. The fourth-order valence-electron chi connectivity index (χ4n) is 2.21. The van der Waals surface area contributed by atoms with Gasteiger partial charge in [-0.3, -0.25) is 14.5 Å². The van der Waals surface area contributed by atoms with Crippen LogP contribution in [0.15, 0.2) is 53.4 Å². The van der Waals surface area contributed by atoms with Crippen LogP contribution in [-0.4, -0.2) is 16.0 Å². The molecule has 2 aromatic rings. The molecule has 116 valence electrons. The Balaban J connectivity index is 1.81. The van der Waals surface area contributed by atoms with Gasteiger partial charge >= 0.3 is 0 Å². The molecule has 4 nitrogen and oxygen atoms in total. The molecule has 2 N–H and O–H groups in total. The standard InChI is InChI=1S/C17H13ClN2O2S/c18-13-6-4-11(5-7-13)10-20-16(21)15(23-17(20)22)9-12-2-1-3-14(19)8-12/h1-9H,10,19H2/b15-9-. The fraction of sp³-hybridized carbons (Fsp3) is 0.0588. The van der Waals surface area contributed by atoms with E-state index in [-0.39, 0.29) is 17.7 Å². The summed E-state index contributed by atoms with van der Waals surface area (Å²) in [6.45, 7) is 0.232. The number of thioether (sulfide) groups is 1. The molecule has 0 spiro atoms. The average molecular weight is 345 g/mol. The summed E-state index contributed by atoms with van der Waals surface area (Å²) in [5.41, 5.74) is 7.98. The van der Waals surface area contributed by atoms with Crippen molar-refractivity contribution in [3.05, 3.63) is 69.6 Å². The number of benzene rings is 2. The molecule has 1 aliphatic heterocycles.